The molecule has 14 nitrogen and oxygen atoms in total. The molecular weight excluding hydrogens is 899 g/mol. The highest BCUT2D eigenvalue weighted by molar-refractivity contribution is 5.93. The number of pyridine rings is 2. The number of ether oxygens (including phenoxy) is 2. The summed E-state index contributed by atoms with van der Waals surface area (Å²) < 4.78 is 90.4. The summed E-state index contributed by atoms with van der Waals surface area (Å²) in [5.41, 5.74) is 4.83. The van der Waals surface area contributed by atoms with Crippen molar-refractivity contribution in [2.24, 2.45) is 5.73 Å². The van der Waals surface area contributed by atoms with Crippen LogP contribution in [0.4, 0.5) is 37.7 Å². The maximum absolute atomic E-state index is 13.2. The maximum Gasteiger partial charge on any atom is 0.417 e. The number of alkyl halides is 6. The lowest BCUT2D eigenvalue weighted by Crippen LogP contribution is -2.18. The molecule has 6 N–H and O–H groups in total. The predicted octanol–water partition coefficient (Wildman–Crippen LogP) is 8.98. The number of nitrogens with two attached hydrogens (primary N) is 1. The number of aromatic nitrogens is 2. The van der Waals surface area contributed by atoms with E-state index in [2.05, 4.69) is 31.2 Å². The second-order valence-electron chi connectivity index (χ2n) is 14.5. The van der Waals surface area contributed by atoms with Gasteiger partial charge in [-0.15, -0.1) is 0 Å². The van der Waals surface area contributed by atoms with Crippen molar-refractivity contribution in [1.82, 2.24) is 20.6 Å². The van der Waals surface area contributed by atoms with Gasteiger partial charge in [0, 0.05) is 69.4 Å². The van der Waals surface area contributed by atoms with Gasteiger partial charge in [-0.3, -0.25) is 29.1 Å². The SMILES string of the molecule is CNC(=O)c1cc(Oc2cccc(CCC(=O)Nc3ccc(C#N)c(C(F)(F)F)c3)c2)ccn1.CNC(=O)c1cc(Oc2cccc(CCC(=O)Nc3ccc(CN)c(C(F)(F)F)c3)c2)ccn1. The molecule has 20 heteroatoms. The van der Waals surface area contributed by atoms with Gasteiger partial charge in [-0.2, -0.15) is 31.6 Å². The standard InChI is InChI=1S/C24H23F3N4O3.C24H19F3N4O3/c2*1-29-23(33)21-13-19(9-10-30-21)34-18-4-2-3-15(11-18)5-8-22(32)31-17-7-6-16(14-28)20(12-17)24(25,26)27/h2-4,6-7,9-13H,5,8,14,28H2,1H3,(H,29,33)(H,31,32);2-4,6-7,9-13H,5,8H2,1H3,(H,29,33)(H,31,32). The van der Waals surface area contributed by atoms with Gasteiger partial charge in [0.2, 0.25) is 11.8 Å². The van der Waals surface area contributed by atoms with Crippen molar-refractivity contribution in [2.45, 2.75) is 44.6 Å². The molecule has 0 radical (unpaired) electrons. The largest absolute Gasteiger partial charge is 0.457 e. The van der Waals surface area contributed by atoms with Gasteiger partial charge in [-0.05, 0) is 96.3 Å². The minimum atomic E-state index is -4.71. The number of aryl methyl sites for hydroxylation is 2. The van der Waals surface area contributed by atoms with Crippen molar-refractivity contribution in [3.63, 3.8) is 0 Å². The van der Waals surface area contributed by atoms with E-state index in [-0.39, 0.29) is 59.5 Å². The topological polar surface area (TPSA) is 210 Å². The molecule has 6 rings (SSSR count). The molecule has 352 valence electrons. The van der Waals surface area contributed by atoms with Crippen LogP contribution < -0.4 is 36.5 Å². The molecule has 0 atom stereocenters. The summed E-state index contributed by atoms with van der Waals surface area (Å²) in [5, 5.41) is 18.7. The van der Waals surface area contributed by atoms with Crippen LogP contribution in [0, 0.1) is 11.3 Å². The van der Waals surface area contributed by atoms with Gasteiger partial charge >= 0.3 is 12.4 Å². The average Bonchev–Trinajstić information content (AvgIpc) is 3.32. The van der Waals surface area contributed by atoms with Crippen LogP contribution >= 0.6 is 0 Å². The zero-order chi connectivity index (χ0) is 49.4. The summed E-state index contributed by atoms with van der Waals surface area (Å²) in [6.07, 6.45) is -5.64. The first-order valence-corrected chi connectivity index (χ1v) is 20.4. The zero-order valence-electron chi connectivity index (χ0n) is 36.2. The summed E-state index contributed by atoms with van der Waals surface area (Å²) in [6.45, 7) is -0.256. The first kappa shape index (κ1) is 50.7. The third-order valence-electron chi connectivity index (χ3n) is 9.58. The zero-order valence-corrected chi connectivity index (χ0v) is 36.2. The Morgan fingerprint density at radius 2 is 1.04 bits per heavy atom. The predicted molar refractivity (Wildman–Crippen MR) is 238 cm³/mol. The molecule has 0 saturated carbocycles. The van der Waals surface area contributed by atoms with E-state index in [1.54, 1.807) is 60.7 Å². The number of benzene rings is 4. The van der Waals surface area contributed by atoms with E-state index >= 15 is 0 Å². The van der Waals surface area contributed by atoms with Crippen LogP contribution in [0.15, 0.2) is 122 Å². The van der Waals surface area contributed by atoms with Crippen LogP contribution in [-0.2, 0) is 41.3 Å². The second kappa shape index (κ2) is 23.2. The first-order valence-electron chi connectivity index (χ1n) is 20.4. The van der Waals surface area contributed by atoms with Gasteiger partial charge < -0.3 is 36.5 Å². The first-order chi connectivity index (χ1) is 32.4. The van der Waals surface area contributed by atoms with Gasteiger partial charge in [0.15, 0.2) is 0 Å². The van der Waals surface area contributed by atoms with Crippen molar-refractivity contribution >= 4 is 35.0 Å². The Kier molecular flexibility index (Phi) is 17.3. The monoisotopic (exact) mass is 940 g/mol. The van der Waals surface area contributed by atoms with Gasteiger partial charge in [0.1, 0.15) is 34.4 Å². The normalized spacial score (nSPS) is 10.9. The van der Waals surface area contributed by atoms with E-state index in [0.717, 1.165) is 29.3 Å². The fourth-order valence-electron chi connectivity index (χ4n) is 6.27. The number of rotatable bonds is 15. The number of nitriles is 1. The highest BCUT2D eigenvalue weighted by Gasteiger charge is 2.34. The fraction of sp³-hybridized carbons (Fsp3) is 0.188. The van der Waals surface area contributed by atoms with Crippen LogP contribution in [0.5, 0.6) is 23.0 Å². The Hall–Kier alpha value is -8.31. The van der Waals surface area contributed by atoms with E-state index in [1.165, 1.54) is 62.9 Å². The molecule has 2 heterocycles. The molecule has 0 aliphatic heterocycles. The highest BCUT2D eigenvalue weighted by Crippen LogP contribution is 2.35. The van der Waals surface area contributed by atoms with Crippen LogP contribution in [0.1, 0.15) is 67.2 Å². The molecule has 0 aliphatic carbocycles. The van der Waals surface area contributed by atoms with E-state index < -0.39 is 40.9 Å². The minimum absolute atomic E-state index is 0.0148. The minimum Gasteiger partial charge on any atom is -0.457 e. The smallest absolute Gasteiger partial charge is 0.417 e. The average molecular weight is 941 g/mol. The summed E-state index contributed by atoms with van der Waals surface area (Å²) in [7, 11) is 3.00. The molecule has 68 heavy (non-hydrogen) atoms. The number of amides is 4. The van der Waals surface area contributed by atoms with Crippen molar-refractivity contribution in [3.8, 4) is 29.1 Å². The Morgan fingerprint density at radius 1 is 0.603 bits per heavy atom. The number of nitrogens with zero attached hydrogens (tertiary/aromatic N) is 3. The second-order valence-corrected chi connectivity index (χ2v) is 14.5. The number of carbonyl (C=O) groups excluding carboxylic acids is 4. The molecule has 0 fully saturated rings. The van der Waals surface area contributed by atoms with Gasteiger partial charge in [-0.1, -0.05) is 30.3 Å². The lowest BCUT2D eigenvalue weighted by molar-refractivity contribution is -0.138. The number of hydrogen-bond donors (Lipinski definition) is 5. The van der Waals surface area contributed by atoms with Gasteiger partial charge in [-0.25, -0.2) is 0 Å². The summed E-state index contributed by atoms with van der Waals surface area (Å²) >= 11 is 0. The molecule has 4 amide bonds. The number of anilines is 2. The van der Waals surface area contributed by atoms with Crippen molar-refractivity contribution < 1.29 is 55.0 Å². The lowest BCUT2D eigenvalue weighted by Gasteiger charge is -2.14. The summed E-state index contributed by atoms with van der Waals surface area (Å²) in [5.74, 6) is 0.209. The lowest BCUT2D eigenvalue weighted by atomic mass is 10.1. The molecule has 0 spiro atoms. The number of hydrogen-bond acceptors (Lipinski definition) is 10. The molecule has 2 aromatic heterocycles. The Balaban J connectivity index is 0.000000254. The molecule has 4 aromatic carbocycles. The van der Waals surface area contributed by atoms with Crippen LogP contribution in [0.25, 0.3) is 0 Å². The number of nitrogens with one attached hydrogen (secondary N) is 4. The van der Waals surface area contributed by atoms with Crippen molar-refractivity contribution in [3.05, 3.63) is 166 Å². The van der Waals surface area contributed by atoms with Gasteiger partial charge in [0.25, 0.3) is 11.8 Å². The maximum atomic E-state index is 13.2. The van der Waals surface area contributed by atoms with Crippen molar-refractivity contribution in [2.75, 3.05) is 24.7 Å². The Morgan fingerprint density at radius 3 is 1.47 bits per heavy atom. The Bertz CT molecular complexity index is 2810. The van der Waals surface area contributed by atoms with E-state index in [4.69, 9.17) is 20.5 Å². The summed E-state index contributed by atoms with van der Waals surface area (Å²) in [6, 6.07) is 28.2. The van der Waals surface area contributed by atoms with E-state index in [1.807, 2.05) is 0 Å². The number of carbonyl (C=O) groups is 4. The van der Waals surface area contributed by atoms with E-state index in [0.29, 0.717) is 35.8 Å². The molecule has 0 saturated heterocycles. The van der Waals surface area contributed by atoms with Gasteiger partial charge in [0.05, 0.1) is 22.8 Å². The molecule has 6 aromatic rings. The van der Waals surface area contributed by atoms with Crippen molar-refractivity contribution in [1.29, 1.82) is 5.26 Å². The van der Waals surface area contributed by atoms with Crippen LogP contribution in [-0.4, -0.2) is 47.7 Å². The third kappa shape index (κ3) is 14.9. The quantitative estimate of drug-likeness (QED) is 0.0617. The molecule has 0 bridgehead atoms. The van der Waals surface area contributed by atoms with Crippen LogP contribution in [0.3, 0.4) is 0 Å². The molecule has 0 unspecified atom stereocenters. The van der Waals surface area contributed by atoms with Crippen LogP contribution in [0.2, 0.25) is 0 Å². The summed E-state index contributed by atoms with van der Waals surface area (Å²) in [4.78, 5) is 56.0. The molecular formula is C48H42F6N8O6. The molecule has 0 aliphatic rings. The third-order valence-corrected chi connectivity index (χ3v) is 9.58. The van der Waals surface area contributed by atoms with E-state index in [9.17, 15) is 45.5 Å². The highest BCUT2D eigenvalue weighted by atomic mass is 19.4. The fourth-order valence-corrected chi connectivity index (χ4v) is 6.27. The Labute approximate surface area is 385 Å². The number of halogens is 6.